The summed E-state index contributed by atoms with van der Waals surface area (Å²) in [7, 11) is 1.37. The van der Waals surface area contributed by atoms with Crippen LogP contribution >= 0.6 is 11.8 Å². The molecule has 0 fully saturated rings. The normalized spacial score (nSPS) is 10.0. The van der Waals surface area contributed by atoms with E-state index in [1.165, 1.54) is 18.9 Å². The first-order valence-electron chi connectivity index (χ1n) is 6.81. The van der Waals surface area contributed by atoms with Crippen molar-refractivity contribution in [3.05, 3.63) is 60.2 Å². The van der Waals surface area contributed by atoms with Gasteiger partial charge in [-0.15, -0.1) is 11.8 Å². The number of amides is 1. The molecule has 0 spiro atoms. The van der Waals surface area contributed by atoms with Gasteiger partial charge in [0.2, 0.25) is 5.91 Å². The van der Waals surface area contributed by atoms with Gasteiger partial charge in [0, 0.05) is 10.6 Å². The van der Waals surface area contributed by atoms with Gasteiger partial charge in [-0.2, -0.15) is 0 Å². The van der Waals surface area contributed by atoms with Gasteiger partial charge in [-0.05, 0) is 29.8 Å². The molecule has 22 heavy (non-hydrogen) atoms. The monoisotopic (exact) mass is 315 g/mol. The van der Waals surface area contributed by atoms with Crippen LogP contribution in [0.5, 0.6) is 0 Å². The first-order valence-corrected chi connectivity index (χ1v) is 7.79. The summed E-state index contributed by atoms with van der Waals surface area (Å²) in [6, 6.07) is 17.0. The number of thioether (sulfide) groups is 1. The molecule has 0 unspecified atom stereocenters. The Labute approximate surface area is 133 Å². The Kier molecular flexibility index (Phi) is 6.03. The average molecular weight is 315 g/mol. The van der Waals surface area contributed by atoms with Crippen LogP contribution in [0.2, 0.25) is 0 Å². The number of carbonyl (C=O) groups is 2. The molecule has 0 atom stereocenters. The molecule has 0 aliphatic rings. The van der Waals surface area contributed by atoms with Gasteiger partial charge < -0.3 is 10.1 Å². The van der Waals surface area contributed by atoms with E-state index in [-0.39, 0.29) is 17.6 Å². The van der Waals surface area contributed by atoms with E-state index >= 15 is 0 Å². The van der Waals surface area contributed by atoms with E-state index in [2.05, 4.69) is 10.1 Å². The maximum atomic E-state index is 11.9. The van der Waals surface area contributed by atoms with Crippen molar-refractivity contribution in [3.63, 3.8) is 0 Å². The maximum Gasteiger partial charge on any atom is 0.315 e. The van der Waals surface area contributed by atoms with Gasteiger partial charge in [-0.3, -0.25) is 9.59 Å². The van der Waals surface area contributed by atoms with Crippen LogP contribution in [-0.4, -0.2) is 24.7 Å². The minimum absolute atomic E-state index is 0.0545. The zero-order valence-electron chi connectivity index (χ0n) is 12.2. The van der Waals surface area contributed by atoms with E-state index in [0.717, 1.165) is 16.1 Å². The Hall–Kier alpha value is -2.27. The van der Waals surface area contributed by atoms with Gasteiger partial charge in [0.05, 0.1) is 19.3 Å². The van der Waals surface area contributed by atoms with Crippen molar-refractivity contribution in [1.29, 1.82) is 0 Å². The SMILES string of the molecule is COC(=O)CSc1ccc(NC(=O)Cc2ccccc2)cc1. The molecule has 0 heterocycles. The van der Waals surface area contributed by atoms with Crippen LogP contribution in [0.3, 0.4) is 0 Å². The highest BCUT2D eigenvalue weighted by atomic mass is 32.2. The molecular formula is C17H17NO3S. The van der Waals surface area contributed by atoms with Crippen LogP contribution < -0.4 is 5.32 Å². The molecule has 0 aliphatic heterocycles. The number of esters is 1. The lowest BCUT2D eigenvalue weighted by Gasteiger charge is -2.06. The number of nitrogens with one attached hydrogen (secondary N) is 1. The zero-order valence-corrected chi connectivity index (χ0v) is 13.1. The molecule has 0 aromatic heterocycles. The number of methoxy groups -OCH3 is 1. The predicted molar refractivity (Wildman–Crippen MR) is 88.0 cm³/mol. The largest absolute Gasteiger partial charge is 0.468 e. The summed E-state index contributed by atoms with van der Waals surface area (Å²) in [5.41, 5.74) is 1.72. The third-order valence-corrected chi connectivity index (χ3v) is 3.92. The fourth-order valence-electron chi connectivity index (χ4n) is 1.82. The highest BCUT2D eigenvalue weighted by molar-refractivity contribution is 8.00. The molecule has 0 radical (unpaired) electrons. The number of benzene rings is 2. The van der Waals surface area contributed by atoms with Gasteiger partial charge in [0.15, 0.2) is 0 Å². The topological polar surface area (TPSA) is 55.4 Å². The van der Waals surface area contributed by atoms with E-state index in [1.54, 1.807) is 0 Å². The fourth-order valence-corrected chi connectivity index (χ4v) is 2.55. The van der Waals surface area contributed by atoms with Crippen molar-refractivity contribution >= 4 is 29.3 Å². The van der Waals surface area contributed by atoms with Gasteiger partial charge in [0.1, 0.15) is 0 Å². The second-order valence-corrected chi connectivity index (χ2v) is 5.65. The molecule has 4 nitrogen and oxygen atoms in total. The molecule has 0 aliphatic carbocycles. The number of rotatable bonds is 6. The molecule has 0 bridgehead atoms. The number of ether oxygens (including phenoxy) is 1. The van der Waals surface area contributed by atoms with Crippen LogP contribution in [0.4, 0.5) is 5.69 Å². The third-order valence-electron chi connectivity index (χ3n) is 2.93. The molecule has 2 rings (SSSR count). The Morgan fingerprint density at radius 2 is 1.73 bits per heavy atom. The lowest BCUT2D eigenvalue weighted by Crippen LogP contribution is -2.14. The van der Waals surface area contributed by atoms with Crippen molar-refractivity contribution in [2.45, 2.75) is 11.3 Å². The standard InChI is InChI=1S/C17H17NO3S/c1-21-17(20)12-22-15-9-7-14(8-10-15)18-16(19)11-13-5-3-2-4-6-13/h2-10H,11-12H2,1H3,(H,18,19). The highest BCUT2D eigenvalue weighted by Gasteiger charge is 2.05. The predicted octanol–water partition coefficient (Wildman–Crippen LogP) is 3.13. The van der Waals surface area contributed by atoms with E-state index in [0.29, 0.717) is 6.42 Å². The first-order chi connectivity index (χ1) is 10.7. The number of hydrogen-bond donors (Lipinski definition) is 1. The molecule has 2 aromatic carbocycles. The van der Waals surface area contributed by atoms with Crippen LogP contribution in [0.25, 0.3) is 0 Å². The Morgan fingerprint density at radius 1 is 1.05 bits per heavy atom. The molecule has 1 N–H and O–H groups in total. The third kappa shape index (κ3) is 5.26. The fraction of sp³-hybridized carbons (Fsp3) is 0.176. The summed E-state index contributed by atoms with van der Waals surface area (Å²) in [6.45, 7) is 0. The van der Waals surface area contributed by atoms with Crippen LogP contribution in [0, 0.1) is 0 Å². The average Bonchev–Trinajstić information content (AvgIpc) is 2.54. The molecule has 0 saturated heterocycles. The number of hydrogen-bond acceptors (Lipinski definition) is 4. The summed E-state index contributed by atoms with van der Waals surface area (Å²) in [6.07, 6.45) is 0.347. The lowest BCUT2D eigenvalue weighted by atomic mass is 10.1. The van der Waals surface area contributed by atoms with Gasteiger partial charge in [0.25, 0.3) is 0 Å². The summed E-state index contributed by atoms with van der Waals surface area (Å²) in [4.78, 5) is 24.0. The highest BCUT2D eigenvalue weighted by Crippen LogP contribution is 2.20. The van der Waals surface area contributed by atoms with Crippen LogP contribution in [-0.2, 0) is 20.7 Å². The summed E-state index contributed by atoms with van der Waals surface area (Å²) >= 11 is 1.40. The Balaban J connectivity index is 1.85. The van der Waals surface area contributed by atoms with Crippen molar-refractivity contribution in [2.24, 2.45) is 0 Å². The van der Waals surface area contributed by atoms with E-state index in [1.807, 2.05) is 54.6 Å². The summed E-state index contributed by atoms with van der Waals surface area (Å²) in [5, 5.41) is 2.85. The van der Waals surface area contributed by atoms with Crippen molar-refractivity contribution < 1.29 is 14.3 Å². The number of carbonyl (C=O) groups excluding carboxylic acids is 2. The van der Waals surface area contributed by atoms with Crippen molar-refractivity contribution in [1.82, 2.24) is 0 Å². The van der Waals surface area contributed by atoms with Gasteiger partial charge in [-0.1, -0.05) is 30.3 Å². The quantitative estimate of drug-likeness (QED) is 0.657. The lowest BCUT2D eigenvalue weighted by molar-refractivity contribution is -0.137. The Bertz CT molecular complexity index is 626. The minimum atomic E-state index is -0.259. The van der Waals surface area contributed by atoms with Crippen LogP contribution in [0.1, 0.15) is 5.56 Å². The van der Waals surface area contributed by atoms with Crippen LogP contribution in [0.15, 0.2) is 59.5 Å². The second kappa shape index (κ2) is 8.24. The van der Waals surface area contributed by atoms with Gasteiger partial charge in [-0.25, -0.2) is 0 Å². The maximum absolute atomic E-state index is 11.9. The number of anilines is 1. The smallest absolute Gasteiger partial charge is 0.315 e. The zero-order chi connectivity index (χ0) is 15.8. The molecule has 114 valence electrons. The molecule has 1 amide bonds. The molecular weight excluding hydrogens is 298 g/mol. The first kappa shape index (κ1) is 16.1. The second-order valence-electron chi connectivity index (χ2n) is 4.60. The molecule has 5 heteroatoms. The van der Waals surface area contributed by atoms with E-state index < -0.39 is 0 Å². The van der Waals surface area contributed by atoms with E-state index in [4.69, 9.17) is 0 Å². The van der Waals surface area contributed by atoms with Crippen molar-refractivity contribution in [2.75, 3.05) is 18.2 Å². The summed E-state index contributed by atoms with van der Waals surface area (Å²) < 4.78 is 4.59. The van der Waals surface area contributed by atoms with Crippen molar-refractivity contribution in [3.8, 4) is 0 Å². The molecule has 2 aromatic rings. The van der Waals surface area contributed by atoms with Gasteiger partial charge >= 0.3 is 5.97 Å². The summed E-state index contributed by atoms with van der Waals surface area (Å²) in [5.74, 6) is -0.0395. The Morgan fingerprint density at radius 3 is 2.36 bits per heavy atom. The van der Waals surface area contributed by atoms with E-state index in [9.17, 15) is 9.59 Å². The minimum Gasteiger partial charge on any atom is -0.468 e. The molecule has 0 saturated carbocycles.